The van der Waals surface area contributed by atoms with Crippen LogP contribution in [0, 0.1) is 0 Å². The quantitative estimate of drug-likeness (QED) is 0.774. The number of piperazine rings is 1. The van der Waals surface area contributed by atoms with Gasteiger partial charge in [0.25, 0.3) is 0 Å². The highest BCUT2D eigenvalue weighted by Crippen LogP contribution is 2.22. The maximum absolute atomic E-state index is 12.5. The molecule has 2 aromatic rings. The van der Waals surface area contributed by atoms with Gasteiger partial charge in [0.1, 0.15) is 0 Å². The number of anilines is 2. The minimum atomic E-state index is -0.652. The maximum Gasteiger partial charge on any atom is 0.313 e. The van der Waals surface area contributed by atoms with Crippen LogP contribution in [0.5, 0.6) is 0 Å². The van der Waals surface area contributed by atoms with Gasteiger partial charge in [-0.1, -0.05) is 23.7 Å². The summed E-state index contributed by atoms with van der Waals surface area (Å²) in [5, 5.41) is 3.36. The molecule has 6 nitrogen and oxygen atoms in total. The molecule has 7 heteroatoms. The molecule has 4 rings (SSSR count). The molecule has 2 aliphatic rings. The van der Waals surface area contributed by atoms with Crippen molar-refractivity contribution in [1.29, 1.82) is 0 Å². The van der Waals surface area contributed by atoms with E-state index in [1.807, 2.05) is 30.3 Å². The summed E-state index contributed by atoms with van der Waals surface area (Å²) < 4.78 is 0. The van der Waals surface area contributed by atoms with Gasteiger partial charge in [-0.15, -0.1) is 0 Å². The zero-order chi connectivity index (χ0) is 20.4. The normalized spacial score (nSPS) is 15.8. The number of rotatable bonds is 2. The Morgan fingerprint density at radius 2 is 1.66 bits per heavy atom. The Morgan fingerprint density at radius 3 is 2.38 bits per heavy atom. The lowest BCUT2D eigenvalue weighted by Gasteiger charge is -2.35. The van der Waals surface area contributed by atoms with Gasteiger partial charge in [-0.2, -0.15) is 0 Å². The Balaban J connectivity index is 1.35. The second kappa shape index (κ2) is 8.09. The molecule has 0 atom stereocenters. The molecule has 0 radical (unpaired) electrons. The van der Waals surface area contributed by atoms with Crippen molar-refractivity contribution in [2.75, 3.05) is 36.4 Å². The van der Waals surface area contributed by atoms with E-state index in [1.54, 1.807) is 23.1 Å². The van der Waals surface area contributed by atoms with Gasteiger partial charge in [0.05, 0.1) is 0 Å². The van der Waals surface area contributed by atoms with E-state index < -0.39 is 11.8 Å². The number of benzene rings is 2. The number of fused-ring (bicyclic) bond motifs is 1. The topological polar surface area (TPSA) is 69.7 Å². The summed E-state index contributed by atoms with van der Waals surface area (Å²) >= 11 is 5.93. The van der Waals surface area contributed by atoms with E-state index in [4.69, 9.17) is 11.6 Å². The van der Waals surface area contributed by atoms with E-state index in [9.17, 15) is 14.4 Å². The standard InChI is InChI=1S/C22H20ClN3O3/c23-17-3-6-19(7-4-17)25-9-11-26(12-10-25)22(29)21(28)24-18-5-1-16-14-20(27)8-2-15(16)13-18/h1-8,13H,9-12,14H2,(H,24,28). The molecule has 1 saturated heterocycles. The van der Waals surface area contributed by atoms with Gasteiger partial charge in [-0.25, -0.2) is 0 Å². The number of hydrogen-bond donors (Lipinski definition) is 1. The van der Waals surface area contributed by atoms with Gasteiger partial charge >= 0.3 is 11.8 Å². The fourth-order valence-corrected chi connectivity index (χ4v) is 3.69. The first-order valence-corrected chi connectivity index (χ1v) is 9.82. The summed E-state index contributed by atoms with van der Waals surface area (Å²) in [4.78, 5) is 40.2. The third-order valence-corrected chi connectivity index (χ3v) is 5.42. The van der Waals surface area contributed by atoms with Gasteiger partial charge in [0, 0.05) is 49.0 Å². The Bertz CT molecular complexity index is 993. The lowest BCUT2D eigenvalue weighted by molar-refractivity contribution is -0.143. The van der Waals surface area contributed by atoms with Crippen molar-refractivity contribution >= 4 is 46.6 Å². The molecule has 0 saturated carbocycles. The van der Waals surface area contributed by atoms with Crippen LogP contribution in [0.25, 0.3) is 6.08 Å². The van der Waals surface area contributed by atoms with Crippen LogP contribution in [-0.4, -0.2) is 48.7 Å². The maximum atomic E-state index is 12.5. The van der Waals surface area contributed by atoms with E-state index in [1.165, 1.54) is 6.08 Å². The van der Waals surface area contributed by atoms with E-state index in [0.29, 0.717) is 43.3 Å². The first-order chi connectivity index (χ1) is 14.0. The average molecular weight is 410 g/mol. The van der Waals surface area contributed by atoms with E-state index in [0.717, 1.165) is 16.8 Å². The summed E-state index contributed by atoms with van der Waals surface area (Å²) in [5.74, 6) is -1.13. The molecule has 29 heavy (non-hydrogen) atoms. The van der Waals surface area contributed by atoms with Crippen molar-refractivity contribution in [1.82, 2.24) is 4.90 Å². The lowest BCUT2D eigenvalue weighted by Crippen LogP contribution is -2.51. The number of allylic oxidation sites excluding steroid dienone is 1. The molecule has 1 fully saturated rings. The first-order valence-electron chi connectivity index (χ1n) is 9.44. The minimum absolute atomic E-state index is 0.0576. The van der Waals surface area contributed by atoms with Gasteiger partial charge in [0.2, 0.25) is 0 Å². The number of halogens is 1. The van der Waals surface area contributed by atoms with Crippen LogP contribution in [-0.2, 0) is 20.8 Å². The summed E-state index contributed by atoms with van der Waals surface area (Å²) in [5.41, 5.74) is 3.39. The lowest BCUT2D eigenvalue weighted by atomic mass is 9.96. The first kappa shape index (κ1) is 19.2. The Morgan fingerprint density at radius 1 is 0.931 bits per heavy atom. The molecular weight excluding hydrogens is 390 g/mol. The monoisotopic (exact) mass is 409 g/mol. The molecular formula is C22H20ClN3O3. The Labute approximate surface area is 173 Å². The smallest absolute Gasteiger partial charge is 0.313 e. The summed E-state index contributed by atoms with van der Waals surface area (Å²) in [6, 6.07) is 12.9. The highest BCUT2D eigenvalue weighted by molar-refractivity contribution is 6.39. The molecule has 0 bridgehead atoms. The molecule has 0 aromatic heterocycles. The Hall–Kier alpha value is -3.12. The van der Waals surface area contributed by atoms with Crippen LogP contribution in [0.4, 0.5) is 11.4 Å². The molecule has 2 amide bonds. The molecule has 1 N–H and O–H groups in total. The number of carbonyl (C=O) groups is 3. The average Bonchev–Trinajstić information content (AvgIpc) is 2.74. The van der Waals surface area contributed by atoms with Gasteiger partial charge in [-0.05, 0) is 53.6 Å². The van der Waals surface area contributed by atoms with E-state index in [2.05, 4.69) is 10.2 Å². The highest BCUT2D eigenvalue weighted by Gasteiger charge is 2.26. The summed E-state index contributed by atoms with van der Waals surface area (Å²) in [6.07, 6.45) is 3.62. The molecule has 1 aliphatic heterocycles. The van der Waals surface area contributed by atoms with Gasteiger partial charge in [0.15, 0.2) is 5.78 Å². The van der Waals surface area contributed by atoms with Gasteiger partial charge in [-0.3, -0.25) is 14.4 Å². The third kappa shape index (κ3) is 4.32. The molecule has 1 heterocycles. The van der Waals surface area contributed by atoms with Crippen molar-refractivity contribution in [3.05, 3.63) is 64.7 Å². The van der Waals surface area contributed by atoms with Crippen LogP contribution in [0.1, 0.15) is 11.1 Å². The number of amides is 2. The SMILES string of the molecule is O=C1C=Cc2cc(NC(=O)C(=O)N3CCN(c4ccc(Cl)cc4)CC3)ccc2C1. The number of carbonyl (C=O) groups excluding carboxylic acids is 3. The van der Waals surface area contributed by atoms with Crippen LogP contribution < -0.4 is 10.2 Å². The Kier molecular flexibility index (Phi) is 5.36. The van der Waals surface area contributed by atoms with Gasteiger partial charge < -0.3 is 15.1 Å². The van der Waals surface area contributed by atoms with Crippen LogP contribution >= 0.6 is 11.6 Å². The van der Waals surface area contributed by atoms with Crippen molar-refractivity contribution < 1.29 is 14.4 Å². The van der Waals surface area contributed by atoms with E-state index >= 15 is 0 Å². The van der Waals surface area contributed by atoms with E-state index in [-0.39, 0.29) is 5.78 Å². The van der Waals surface area contributed by atoms with Crippen molar-refractivity contribution in [2.24, 2.45) is 0 Å². The molecule has 148 valence electrons. The zero-order valence-corrected chi connectivity index (χ0v) is 16.5. The minimum Gasteiger partial charge on any atom is -0.368 e. The fraction of sp³-hybridized carbons (Fsp3) is 0.227. The van der Waals surface area contributed by atoms with Crippen LogP contribution in [0.15, 0.2) is 48.5 Å². The summed E-state index contributed by atoms with van der Waals surface area (Å²) in [7, 11) is 0. The highest BCUT2D eigenvalue weighted by atomic mass is 35.5. The second-order valence-electron chi connectivity index (χ2n) is 7.10. The number of nitrogens with zero attached hydrogens (tertiary/aromatic N) is 2. The number of nitrogens with one attached hydrogen (secondary N) is 1. The van der Waals surface area contributed by atoms with Crippen molar-refractivity contribution in [3.63, 3.8) is 0 Å². The summed E-state index contributed by atoms with van der Waals surface area (Å²) in [6.45, 7) is 2.25. The largest absolute Gasteiger partial charge is 0.368 e. The predicted molar refractivity (Wildman–Crippen MR) is 113 cm³/mol. The molecule has 2 aromatic carbocycles. The zero-order valence-electron chi connectivity index (χ0n) is 15.7. The molecule has 1 aliphatic carbocycles. The third-order valence-electron chi connectivity index (χ3n) is 5.17. The predicted octanol–water partition coefficient (Wildman–Crippen LogP) is 2.77. The van der Waals surface area contributed by atoms with Crippen LogP contribution in [0.3, 0.4) is 0 Å². The fourth-order valence-electron chi connectivity index (χ4n) is 3.57. The van der Waals surface area contributed by atoms with Crippen molar-refractivity contribution in [2.45, 2.75) is 6.42 Å². The van der Waals surface area contributed by atoms with Crippen molar-refractivity contribution in [3.8, 4) is 0 Å². The van der Waals surface area contributed by atoms with Crippen LogP contribution in [0.2, 0.25) is 5.02 Å². The molecule has 0 unspecified atom stereocenters. The second-order valence-corrected chi connectivity index (χ2v) is 7.54. The number of hydrogen-bond acceptors (Lipinski definition) is 4. The molecule has 0 spiro atoms. The number of ketones is 1.